The minimum Gasteiger partial charge on any atom is -0.458 e. The molecule has 3 aliphatic rings. The van der Waals surface area contributed by atoms with Crippen LogP contribution in [0.15, 0.2) is 23.8 Å². The molecule has 0 bridgehead atoms. The first-order valence-electron chi connectivity index (χ1n) is 6.77. The van der Waals surface area contributed by atoms with Crippen molar-refractivity contribution in [2.24, 2.45) is 11.8 Å². The van der Waals surface area contributed by atoms with Crippen molar-refractivity contribution in [1.82, 2.24) is 0 Å². The van der Waals surface area contributed by atoms with Gasteiger partial charge in [-0.2, -0.15) is 0 Å². The average molecular weight is 264 g/mol. The molecule has 0 aromatic heterocycles. The third-order valence-electron chi connectivity index (χ3n) is 4.99. The van der Waals surface area contributed by atoms with Gasteiger partial charge in [-0.1, -0.05) is 12.7 Å². The summed E-state index contributed by atoms with van der Waals surface area (Å²) in [5.74, 6) is -0.598. The predicted molar refractivity (Wildman–Crippen MR) is 69.2 cm³/mol. The van der Waals surface area contributed by atoms with Crippen LogP contribution >= 0.6 is 0 Å². The minimum atomic E-state index is -1.03. The van der Waals surface area contributed by atoms with E-state index in [1.165, 1.54) is 0 Å². The first-order chi connectivity index (χ1) is 8.72. The normalized spacial score (nSPS) is 49.3. The summed E-state index contributed by atoms with van der Waals surface area (Å²) in [6, 6.07) is 0. The summed E-state index contributed by atoms with van der Waals surface area (Å²) in [5, 5.41) is 21.2. The molecule has 0 amide bonds. The molecule has 104 valence electrons. The first kappa shape index (κ1) is 12.9. The van der Waals surface area contributed by atoms with Gasteiger partial charge >= 0.3 is 5.97 Å². The van der Waals surface area contributed by atoms with Crippen LogP contribution in [0.3, 0.4) is 0 Å². The summed E-state index contributed by atoms with van der Waals surface area (Å²) in [6.45, 7) is 7.34. The molecular formula is C15H20O4. The van der Waals surface area contributed by atoms with E-state index in [0.29, 0.717) is 24.8 Å². The lowest BCUT2D eigenvalue weighted by atomic mass is 9.78. The van der Waals surface area contributed by atoms with Crippen molar-refractivity contribution in [2.75, 3.05) is 0 Å². The number of aliphatic hydroxyl groups is 2. The van der Waals surface area contributed by atoms with Gasteiger partial charge in [-0.05, 0) is 32.3 Å². The SMILES string of the molecule is C=C1C(=O)O[C@@H]2C[C@](C)(O)C3=CC[C@@](C)(O)[C@@H]3C[C@H]12. The second kappa shape index (κ2) is 3.70. The Bertz CT molecular complexity index is 486. The molecule has 2 N–H and O–H groups in total. The fourth-order valence-electron chi connectivity index (χ4n) is 3.82. The van der Waals surface area contributed by atoms with Crippen LogP contribution in [-0.4, -0.2) is 33.5 Å². The van der Waals surface area contributed by atoms with E-state index in [0.717, 1.165) is 5.57 Å². The van der Waals surface area contributed by atoms with Crippen molar-refractivity contribution in [3.05, 3.63) is 23.8 Å². The lowest BCUT2D eigenvalue weighted by Crippen LogP contribution is -2.37. The van der Waals surface area contributed by atoms with Gasteiger partial charge in [-0.25, -0.2) is 4.79 Å². The van der Waals surface area contributed by atoms with E-state index < -0.39 is 11.2 Å². The fraction of sp³-hybridized carbons (Fsp3) is 0.667. The van der Waals surface area contributed by atoms with Gasteiger partial charge in [0.1, 0.15) is 6.10 Å². The van der Waals surface area contributed by atoms with Gasteiger partial charge in [0.25, 0.3) is 0 Å². The van der Waals surface area contributed by atoms with E-state index in [1.807, 2.05) is 6.08 Å². The number of carbonyl (C=O) groups is 1. The standard InChI is InChI=1S/C15H20O4/c1-8-9-6-11-10(4-5-14(11,2)17)15(3,18)7-12(9)19-13(8)16/h4,9,11-12,17-18H,1,5-7H2,2-3H3/t9-,11-,12-,14-,15+/m1/s1. The van der Waals surface area contributed by atoms with E-state index >= 15 is 0 Å². The molecule has 0 radical (unpaired) electrons. The molecule has 4 heteroatoms. The smallest absolute Gasteiger partial charge is 0.334 e. The molecule has 2 aliphatic carbocycles. The molecule has 1 aliphatic heterocycles. The first-order valence-corrected chi connectivity index (χ1v) is 6.77. The molecule has 0 aromatic carbocycles. The Labute approximate surface area is 112 Å². The minimum absolute atomic E-state index is 0.0977. The van der Waals surface area contributed by atoms with Gasteiger partial charge in [0.2, 0.25) is 0 Å². The largest absolute Gasteiger partial charge is 0.458 e. The molecule has 0 unspecified atom stereocenters. The zero-order valence-corrected chi connectivity index (χ0v) is 11.3. The Balaban J connectivity index is 2.02. The van der Waals surface area contributed by atoms with E-state index in [-0.39, 0.29) is 23.9 Å². The van der Waals surface area contributed by atoms with Gasteiger partial charge in [0, 0.05) is 23.8 Å². The maximum atomic E-state index is 11.6. The third kappa shape index (κ3) is 1.77. The highest BCUT2D eigenvalue weighted by atomic mass is 16.6. The summed E-state index contributed by atoms with van der Waals surface area (Å²) in [6.07, 6.45) is 3.15. The van der Waals surface area contributed by atoms with Gasteiger partial charge in [-0.3, -0.25) is 0 Å². The number of carbonyl (C=O) groups excluding carboxylic acids is 1. The molecule has 0 spiro atoms. The lowest BCUT2D eigenvalue weighted by Gasteiger charge is -2.33. The summed E-state index contributed by atoms with van der Waals surface area (Å²) in [7, 11) is 0. The molecule has 1 heterocycles. The van der Waals surface area contributed by atoms with Crippen LogP contribution in [0.25, 0.3) is 0 Å². The van der Waals surface area contributed by atoms with Crippen molar-refractivity contribution >= 4 is 5.97 Å². The highest BCUT2D eigenvalue weighted by Gasteiger charge is 2.54. The third-order valence-corrected chi connectivity index (χ3v) is 4.99. The van der Waals surface area contributed by atoms with Crippen LogP contribution in [-0.2, 0) is 9.53 Å². The van der Waals surface area contributed by atoms with Crippen LogP contribution in [0, 0.1) is 11.8 Å². The quantitative estimate of drug-likeness (QED) is 0.393. The van der Waals surface area contributed by atoms with Crippen LogP contribution in [0.4, 0.5) is 0 Å². The van der Waals surface area contributed by atoms with Crippen molar-refractivity contribution in [2.45, 2.75) is 50.4 Å². The van der Waals surface area contributed by atoms with Crippen LogP contribution in [0.1, 0.15) is 33.1 Å². The topological polar surface area (TPSA) is 66.8 Å². The summed E-state index contributed by atoms with van der Waals surface area (Å²) in [4.78, 5) is 11.6. The molecule has 2 fully saturated rings. The highest BCUT2D eigenvalue weighted by Crippen LogP contribution is 2.51. The predicted octanol–water partition coefficient (Wildman–Crippen LogP) is 1.33. The monoisotopic (exact) mass is 264 g/mol. The Kier molecular flexibility index (Phi) is 2.51. The summed E-state index contributed by atoms with van der Waals surface area (Å²) < 4.78 is 5.32. The molecule has 4 nitrogen and oxygen atoms in total. The lowest BCUT2D eigenvalue weighted by molar-refractivity contribution is -0.140. The number of rotatable bonds is 0. The molecule has 5 atom stereocenters. The van der Waals surface area contributed by atoms with E-state index in [4.69, 9.17) is 4.74 Å². The van der Waals surface area contributed by atoms with Gasteiger partial charge in [0.15, 0.2) is 0 Å². The van der Waals surface area contributed by atoms with Crippen molar-refractivity contribution < 1.29 is 19.7 Å². The molecule has 1 saturated heterocycles. The fourth-order valence-corrected chi connectivity index (χ4v) is 3.82. The van der Waals surface area contributed by atoms with Crippen molar-refractivity contribution in [3.63, 3.8) is 0 Å². The molecule has 3 rings (SSSR count). The number of esters is 1. The maximum absolute atomic E-state index is 11.6. The number of ether oxygens (including phenoxy) is 1. The van der Waals surface area contributed by atoms with E-state index in [2.05, 4.69) is 6.58 Å². The van der Waals surface area contributed by atoms with E-state index in [1.54, 1.807) is 13.8 Å². The Hall–Kier alpha value is -1.13. The van der Waals surface area contributed by atoms with Gasteiger partial charge < -0.3 is 14.9 Å². The summed E-state index contributed by atoms with van der Waals surface area (Å²) in [5.41, 5.74) is -0.532. The zero-order chi connectivity index (χ0) is 14.0. The van der Waals surface area contributed by atoms with Gasteiger partial charge in [0.05, 0.1) is 11.2 Å². The second-order valence-electron chi connectivity index (χ2n) is 6.56. The zero-order valence-electron chi connectivity index (χ0n) is 11.3. The second-order valence-corrected chi connectivity index (χ2v) is 6.56. The van der Waals surface area contributed by atoms with Crippen molar-refractivity contribution in [3.8, 4) is 0 Å². The van der Waals surface area contributed by atoms with Crippen LogP contribution < -0.4 is 0 Å². The van der Waals surface area contributed by atoms with E-state index in [9.17, 15) is 15.0 Å². The van der Waals surface area contributed by atoms with Crippen molar-refractivity contribution in [1.29, 1.82) is 0 Å². The molecule has 19 heavy (non-hydrogen) atoms. The average Bonchev–Trinajstić information content (AvgIpc) is 2.66. The molecular weight excluding hydrogens is 244 g/mol. The Morgan fingerprint density at radius 2 is 2.11 bits per heavy atom. The van der Waals surface area contributed by atoms with Gasteiger partial charge in [-0.15, -0.1) is 0 Å². The number of fused-ring (bicyclic) bond motifs is 2. The summed E-state index contributed by atoms with van der Waals surface area (Å²) >= 11 is 0. The van der Waals surface area contributed by atoms with Crippen LogP contribution in [0.2, 0.25) is 0 Å². The highest BCUT2D eigenvalue weighted by molar-refractivity contribution is 5.90. The Morgan fingerprint density at radius 1 is 1.42 bits per heavy atom. The maximum Gasteiger partial charge on any atom is 0.334 e. The number of hydrogen-bond donors (Lipinski definition) is 2. The molecule has 0 aromatic rings. The number of hydrogen-bond acceptors (Lipinski definition) is 4. The Morgan fingerprint density at radius 3 is 2.79 bits per heavy atom. The molecule has 1 saturated carbocycles. The van der Waals surface area contributed by atoms with Crippen LogP contribution in [0.5, 0.6) is 0 Å².